The minimum absolute atomic E-state index is 0.0232. The Morgan fingerprint density at radius 2 is 1.70 bits per heavy atom. The van der Waals surface area contributed by atoms with Crippen molar-refractivity contribution in [2.45, 2.75) is 63.6 Å². The van der Waals surface area contributed by atoms with Gasteiger partial charge in [0.1, 0.15) is 0 Å². The summed E-state index contributed by atoms with van der Waals surface area (Å²) in [5.74, 6) is 0.262. The highest BCUT2D eigenvalue weighted by atomic mass is 79.9. The number of nitrogens with zero attached hydrogens (tertiary/aromatic N) is 2. The van der Waals surface area contributed by atoms with Crippen molar-refractivity contribution in [1.82, 2.24) is 15.2 Å². The molecular formula is C32H38BrN5O2. The number of hydrogen-bond donors (Lipinski definition) is 3. The molecule has 4 N–H and O–H groups in total. The zero-order chi connectivity index (χ0) is 27.9. The van der Waals surface area contributed by atoms with Crippen molar-refractivity contribution >= 4 is 33.4 Å². The lowest BCUT2D eigenvalue weighted by Gasteiger charge is -2.32. The SMILES string of the molecule is NC1CCCCC1NC(=O)c1ccc(CN2CCC(Cc3ccccc3)CC2)c(NC(=O)c2cncc(Br)c2)c1. The number of amides is 2. The molecule has 2 unspecified atom stereocenters. The monoisotopic (exact) mass is 603 g/mol. The summed E-state index contributed by atoms with van der Waals surface area (Å²) in [6.07, 6.45) is 10.6. The molecule has 0 radical (unpaired) electrons. The zero-order valence-corrected chi connectivity index (χ0v) is 24.4. The standard InChI is InChI=1S/C32H38BrN5O2/c33-27-17-26(19-35-20-27)32(40)37-30-18-24(31(39)36-29-9-5-4-8-28(29)34)10-11-25(30)21-38-14-12-23(13-15-38)16-22-6-2-1-3-7-22/h1-3,6-7,10-11,17-20,23,28-29H,4-5,8-9,12-16,21,34H2,(H,36,39)(H,37,40). The van der Waals surface area contributed by atoms with Crippen LogP contribution in [-0.2, 0) is 13.0 Å². The summed E-state index contributed by atoms with van der Waals surface area (Å²) in [4.78, 5) is 32.9. The third kappa shape index (κ3) is 7.56. The van der Waals surface area contributed by atoms with Crippen molar-refractivity contribution in [3.63, 3.8) is 0 Å². The molecule has 1 saturated heterocycles. The number of hydrogen-bond acceptors (Lipinski definition) is 5. The summed E-state index contributed by atoms with van der Waals surface area (Å²) >= 11 is 3.39. The fourth-order valence-corrected chi connectivity index (χ4v) is 6.19. The summed E-state index contributed by atoms with van der Waals surface area (Å²) in [7, 11) is 0. The molecule has 2 amide bonds. The van der Waals surface area contributed by atoms with E-state index < -0.39 is 0 Å². The number of pyridine rings is 1. The average Bonchev–Trinajstić information content (AvgIpc) is 2.96. The number of halogens is 1. The Morgan fingerprint density at radius 3 is 2.45 bits per heavy atom. The molecule has 7 nitrogen and oxygen atoms in total. The minimum Gasteiger partial charge on any atom is -0.348 e. The van der Waals surface area contributed by atoms with Crippen LogP contribution in [-0.4, -0.2) is 46.9 Å². The van der Waals surface area contributed by atoms with Gasteiger partial charge in [0, 0.05) is 46.7 Å². The van der Waals surface area contributed by atoms with Crippen LogP contribution >= 0.6 is 15.9 Å². The van der Waals surface area contributed by atoms with Crippen molar-refractivity contribution in [3.05, 3.63) is 93.7 Å². The maximum absolute atomic E-state index is 13.2. The summed E-state index contributed by atoms with van der Waals surface area (Å²) in [5, 5.41) is 6.19. The van der Waals surface area contributed by atoms with Crippen LogP contribution in [0.4, 0.5) is 5.69 Å². The molecule has 0 bridgehead atoms. The summed E-state index contributed by atoms with van der Waals surface area (Å²) in [6.45, 7) is 2.71. The van der Waals surface area contributed by atoms with Crippen LogP contribution in [0.5, 0.6) is 0 Å². The van der Waals surface area contributed by atoms with Gasteiger partial charge >= 0.3 is 0 Å². The number of carbonyl (C=O) groups excluding carboxylic acids is 2. The molecule has 8 heteroatoms. The van der Waals surface area contributed by atoms with Crippen molar-refractivity contribution in [3.8, 4) is 0 Å². The Hall–Kier alpha value is -3.07. The van der Waals surface area contributed by atoms with E-state index in [1.54, 1.807) is 18.3 Å². The maximum atomic E-state index is 13.2. The van der Waals surface area contributed by atoms with E-state index in [1.165, 1.54) is 11.8 Å². The number of rotatable bonds is 8. The molecular weight excluding hydrogens is 566 g/mol. The van der Waals surface area contributed by atoms with Gasteiger partial charge < -0.3 is 16.4 Å². The Kier molecular flexibility index (Phi) is 9.62. The Balaban J connectivity index is 1.29. The maximum Gasteiger partial charge on any atom is 0.257 e. The van der Waals surface area contributed by atoms with Gasteiger partial charge in [-0.3, -0.25) is 19.5 Å². The molecule has 40 heavy (non-hydrogen) atoms. The first-order valence-electron chi connectivity index (χ1n) is 14.3. The molecule has 2 atom stereocenters. The van der Waals surface area contributed by atoms with Crippen molar-refractivity contribution in [2.24, 2.45) is 11.7 Å². The second-order valence-electron chi connectivity index (χ2n) is 11.2. The number of piperidine rings is 1. The topological polar surface area (TPSA) is 100 Å². The molecule has 2 heterocycles. The van der Waals surface area contributed by atoms with Crippen LogP contribution in [0.2, 0.25) is 0 Å². The second kappa shape index (κ2) is 13.5. The van der Waals surface area contributed by atoms with Crippen LogP contribution in [0.1, 0.15) is 70.4 Å². The number of aromatic nitrogens is 1. The van der Waals surface area contributed by atoms with E-state index in [0.717, 1.165) is 68.1 Å². The predicted octanol–water partition coefficient (Wildman–Crippen LogP) is 5.55. The van der Waals surface area contributed by atoms with Gasteiger partial charge in [0.15, 0.2) is 0 Å². The van der Waals surface area contributed by atoms with Gasteiger partial charge in [0.05, 0.1) is 5.56 Å². The lowest BCUT2D eigenvalue weighted by atomic mass is 9.90. The minimum atomic E-state index is -0.261. The van der Waals surface area contributed by atoms with E-state index in [2.05, 4.69) is 66.8 Å². The first kappa shape index (κ1) is 28.5. The van der Waals surface area contributed by atoms with Crippen molar-refractivity contribution < 1.29 is 9.59 Å². The van der Waals surface area contributed by atoms with Crippen LogP contribution in [0.3, 0.4) is 0 Å². The third-order valence-corrected chi connectivity index (χ3v) is 8.63. The van der Waals surface area contributed by atoms with Gasteiger partial charge in [-0.15, -0.1) is 0 Å². The van der Waals surface area contributed by atoms with Crippen molar-refractivity contribution in [1.29, 1.82) is 0 Å². The molecule has 0 spiro atoms. The molecule has 1 saturated carbocycles. The number of benzene rings is 2. The highest BCUT2D eigenvalue weighted by Crippen LogP contribution is 2.27. The van der Waals surface area contributed by atoms with Gasteiger partial charge in [-0.1, -0.05) is 49.2 Å². The van der Waals surface area contributed by atoms with Gasteiger partial charge in [-0.25, -0.2) is 0 Å². The highest BCUT2D eigenvalue weighted by molar-refractivity contribution is 9.10. The largest absolute Gasteiger partial charge is 0.348 e. The number of nitrogens with two attached hydrogens (primary N) is 1. The average molecular weight is 605 g/mol. The van der Waals surface area contributed by atoms with E-state index in [4.69, 9.17) is 5.73 Å². The molecule has 210 valence electrons. The van der Waals surface area contributed by atoms with E-state index in [-0.39, 0.29) is 23.9 Å². The quantitative estimate of drug-likeness (QED) is 0.313. The van der Waals surface area contributed by atoms with Crippen LogP contribution in [0, 0.1) is 5.92 Å². The van der Waals surface area contributed by atoms with Gasteiger partial charge in [-0.05, 0) is 96.4 Å². The van der Waals surface area contributed by atoms with Gasteiger partial charge in [0.25, 0.3) is 11.8 Å². The number of anilines is 1. The molecule has 2 fully saturated rings. The third-order valence-electron chi connectivity index (χ3n) is 8.19. The molecule has 5 rings (SSSR count). The molecule has 2 aliphatic rings. The zero-order valence-electron chi connectivity index (χ0n) is 22.8. The fraction of sp³-hybridized carbons (Fsp3) is 0.406. The van der Waals surface area contributed by atoms with E-state index in [9.17, 15) is 9.59 Å². The number of carbonyl (C=O) groups is 2. The lowest BCUT2D eigenvalue weighted by molar-refractivity contribution is 0.0920. The molecule has 1 aromatic heterocycles. The summed E-state index contributed by atoms with van der Waals surface area (Å²) in [5.41, 5.74) is 10.3. The van der Waals surface area contributed by atoms with E-state index >= 15 is 0 Å². The summed E-state index contributed by atoms with van der Waals surface area (Å²) in [6, 6.07) is 18.0. The Labute approximate surface area is 245 Å². The fourth-order valence-electron chi connectivity index (χ4n) is 5.83. The number of nitrogens with one attached hydrogen (secondary N) is 2. The lowest BCUT2D eigenvalue weighted by Crippen LogP contribution is -2.49. The van der Waals surface area contributed by atoms with E-state index in [0.29, 0.717) is 29.3 Å². The molecule has 3 aromatic rings. The summed E-state index contributed by atoms with van der Waals surface area (Å²) < 4.78 is 0.732. The normalized spacial score (nSPS) is 20.1. The Morgan fingerprint density at radius 1 is 0.925 bits per heavy atom. The molecule has 1 aliphatic heterocycles. The van der Waals surface area contributed by atoms with Crippen molar-refractivity contribution in [2.75, 3.05) is 18.4 Å². The van der Waals surface area contributed by atoms with Crippen LogP contribution in [0.25, 0.3) is 0 Å². The first-order valence-corrected chi connectivity index (χ1v) is 15.1. The van der Waals surface area contributed by atoms with Gasteiger partial charge in [-0.2, -0.15) is 0 Å². The van der Waals surface area contributed by atoms with Crippen LogP contribution in [0.15, 0.2) is 71.5 Å². The van der Waals surface area contributed by atoms with Gasteiger partial charge in [0.2, 0.25) is 0 Å². The van der Waals surface area contributed by atoms with Crippen LogP contribution < -0.4 is 16.4 Å². The first-order chi connectivity index (χ1) is 19.4. The predicted molar refractivity (Wildman–Crippen MR) is 162 cm³/mol. The van der Waals surface area contributed by atoms with E-state index in [1.807, 2.05) is 12.1 Å². The highest BCUT2D eigenvalue weighted by Gasteiger charge is 2.25. The Bertz CT molecular complexity index is 1310. The smallest absolute Gasteiger partial charge is 0.257 e. The number of likely N-dealkylation sites (tertiary alicyclic amines) is 1. The molecule has 1 aliphatic carbocycles. The second-order valence-corrected chi connectivity index (χ2v) is 12.1. The molecule has 2 aromatic carbocycles.